The summed E-state index contributed by atoms with van der Waals surface area (Å²) in [5, 5.41) is 13.2. The second-order valence-corrected chi connectivity index (χ2v) is 10.8. The molecule has 4 aromatic carbocycles. The van der Waals surface area contributed by atoms with Gasteiger partial charge in [0, 0.05) is 41.5 Å². The molecule has 0 heterocycles. The highest BCUT2D eigenvalue weighted by molar-refractivity contribution is 6.12. The molecule has 44 heavy (non-hydrogen) atoms. The summed E-state index contributed by atoms with van der Waals surface area (Å²) >= 11 is 0. The fourth-order valence-corrected chi connectivity index (χ4v) is 4.92. The molecule has 0 bridgehead atoms. The second-order valence-electron chi connectivity index (χ2n) is 10.8. The van der Waals surface area contributed by atoms with Crippen LogP contribution in [0.2, 0.25) is 0 Å². The highest BCUT2D eigenvalue weighted by Gasteiger charge is 2.23. The zero-order chi connectivity index (χ0) is 31.5. The molecule has 0 aliphatic heterocycles. The van der Waals surface area contributed by atoms with E-state index in [1.165, 1.54) is 0 Å². The number of anilines is 2. The summed E-state index contributed by atoms with van der Waals surface area (Å²) in [6.45, 7) is 6.57. The maximum absolute atomic E-state index is 13.2. The summed E-state index contributed by atoms with van der Waals surface area (Å²) in [4.78, 5) is 40.4. The molecule has 0 radical (unpaired) electrons. The van der Waals surface area contributed by atoms with Gasteiger partial charge in [0.1, 0.15) is 11.8 Å². The van der Waals surface area contributed by atoms with Crippen molar-refractivity contribution in [2.45, 2.75) is 39.7 Å². The quantitative estimate of drug-likeness (QED) is 0.0924. The summed E-state index contributed by atoms with van der Waals surface area (Å²) in [7, 11) is 0. The SMILES string of the molecule is CC(C)=CC(=O)N(CCCOc1ccccc1C[C@H](Nc1ccccc1C(=O)c1ccccc1)C(=O)O)c1ccccc1C. The van der Waals surface area contributed by atoms with Crippen LogP contribution in [0.4, 0.5) is 11.4 Å². The van der Waals surface area contributed by atoms with Gasteiger partial charge < -0.3 is 20.1 Å². The van der Waals surface area contributed by atoms with Gasteiger partial charge >= 0.3 is 5.97 Å². The van der Waals surface area contributed by atoms with Crippen LogP contribution in [-0.2, 0) is 16.0 Å². The zero-order valence-electron chi connectivity index (χ0n) is 25.3. The first-order chi connectivity index (χ1) is 21.2. The van der Waals surface area contributed by atoms with Gasteiger partial charge in [0.2, 0.25) is 0 Å². The van der Waals surface area contributed by atoms with Crippen molar-refractivity contribution in [3.05, 3.63) is 137 Å². The lowest BCUT2D eigenvalue weighted by atomic mass is 10.00. The van der Waals surface area contributed by atoms with Gasteiger partial charge in [-0.05, 0) is 62.6 Å². The molecule has 1 amide bonds. The maximum atomic E-state index is 13.2. The van der Waals surface area contributed by atoms with Gasteiger partial charge in [-0.25, -0.2) is 4.79 Å². The van der Waals surface area contributed by atoms with Gasteiger partial charge in [-0.15, -0.1) is 0 Å². The van der Waals surface area contributed by atoms with Crippen LogP contribution in [0.15, 0.2) is 115 Å². The van der Waals surface area contributed by atoms with Gasteiger partial charge in [0.25, 0.3) is 5.91 Å². The Kier molecular flexibility index (Phi) is 11.1. The molecule has 4 aromatic rings. The molecule has 0 saturated carbocycles. The largest absolute Gasteiger partial charge is 0.493 e. The van der Waals surface area contributed by atoms with Crippen LogP contribution in [0.25, 0.3) is 0 Å². The van der Waals surface area contributed by atoms with Gasteiger partial charge in [-0.2, -0.15) is 0 Å². The van der Waals surface area contributed by atoms with E-state index in [0.717, 1.165) is 22.4 Å². The van der Waals surface area contributed by atoms with Gasteiger partial charge in [0.15, 0.2) is 5.78 Å². The smallest absolute Gasteiger partial charge is 0.326 e. The maximum Gasteiger partial charge on any atom is 0.326 e. The third-order valence-electron chi connectivity index (χ3n) is 7.10. The van der Waals surface area contributed by atoms with Crippen LogP contribution in [0, 0.1) is 6.92 Å². The molecule has 1 atom stereocenters. The minimum Gasteiger partial charge on any atom is -0.493 e. The molecule has 4 rings (SSSR count). The number of benzene rings is 4. The number of carbonyl (C=O) groups excluding carboxylic acids is 2. The topological polar surface area (TPSA) is 95.9 Å². The summed E-state index contributed by atoms with van der Waals surface area (Å²) < 4.78 is 6.14. The number of rotatable bonds is 14. The summed E-state index contributed by atoms with van der Waals surface area (Å²) in [5.74, 6) is -0.744. The minimum atomic E-state index is -1.05. The number of nitrogens with zero attached hydrogens (tertiary/aromatic N) is 1. The van der Waals surface area contributed by atoms with E-state index >= 15 is 0 Å². The number of amides is 1. The Bertz CT molecular complexity index is 1630. The molecular formula is C37H38N2O5. The predicted octanol–water partition coefficient (Wildman–Crippen LogP) is 7.10. The third-order valence-corrected chi connectivity index (χ3v) is 7.10. The van der Waals surface area contributed by atoms with Crippen molar-refractivity contribution in [1.82, 2.24) is 0 Å². The van der Waals surface area contributed by atoms with Crippen LogP contribution in [-0.4, -0.2) is 42.0 Å². The van der Waals surface area contributed by atoms with Crippen LogP contribution in [0.5, 0.6) is 5.75 Å². The van der Waals surface area contributed by atoms with E-state index in [1.54, 1.807) is 59.5 Å². The van der Waals surface area contributed by atoms with Gasteiger partial charge in [-0.1, -0.05) is 84.4 Å². The second kappa shape index (κ2) is 15.3. The molecule has 0 spiro atoms. The summed E-state index contributed by atoms with van der Waals surface area (Å²) in [5.41, 5.74) is 4.88. The lowest BCUT2D eigenvalue weighted by Gasteiger charge is -2.24. The number of carbonyl (C=O) groups is 3. The first kappa shape index (κ1) is 31.8. The van der Waals surface area contributed by atoms with E-state index in [0.29, 0.717) is 42.1 Å². The Balaban J connectivity index is 1.45. The number of carboxylic acids is 1. The molecule has 0 fully saturated rings. The molecule has 0 aromatic heterocycles. The summed E-state index contributed by atoms with van der Waals surface area (Å²) in [6, 6.07) is 29.9. The first-order valence-electron chi connectivity index (χ1n) is 14.7. The molecule has 0 aliphatic carbocycles. The Morgan fingerprint density at radius 2 is 1.52 bits per heavy atom. The van der Waals surface area contributed by atoms with E-state index in [2.05, 4.69) is 5.32 Å². The van der Waals surface area contributed by atoms with Crippen molar-refractivity contribution in [1.29, 1.82) is 0 Å². The number of hydrogen-bond acceptors (Lipinski definition) is 5. The average Bonchev–Trinajstić information content (AvgIpc) is 3.02. The Labute approximate surface area is 258 Å². The molecule has 226 valence electrons. The Morgan fingerprint density at radius 3 is 2.25 bits per heavy atom. The van der Waals surface area contributed by atoms with Crippen molar-refractivity contribution >= 4 is 29.0 Å². The van der Waals surface area contributed by atoms with Gasteiger partial charge in [0.05, 0.1) is 6.61 Å². The lowest BCUT2D eigenvalue weighted by molar-refractivity contribution is -0.137. The van der Waals surface area contributed by atoms with Gasteiger partial charge in [-0.3, -0.25) is 9.59 Å². The normalized spacial score (nSPS) is 11.2. The van der Waals surface area contributed by atoms with E-state index < -0.39 is 12.0 Å². The molecule has 0 unspecified atom stereocenters. The van der Waals surface area contributed by atoms with E-state index in [-0.39, 0.29) is 18.1 Å². The van der Waals surface area contributed by atoms with Crippen LogP contribution < -0.4 is 15.0 Å². The number of para-hydroxylation sites is 3. The fourth-order valence-electron chi connectivity index (χ4n) is 4.92. The Hall–Kier alpha value is -5.17. The van der Waals surface area contributed by atoms with E-state index in [9.17, 15) is 19.5 Å². The highest BCUT2D eigenvalue weighted by Crippen LogP contribution is 2.25. The van der Waals surface area contributed by atoms with Crippen molar-refractivity contribution in [2.75, 3.05) is 23.4 Å². The monoisotopic (exact) mass is 590 g/mol. The molecule has 7 heteroatoms. The predicted molar refractivity (Wildman–Crippen MR) is 175 cm³/mol. The number of ketones is 1. The third kappa shape index (κ3) is 8.44. The van der Waals surface area contributed by atoms with Crippen LogP contribution >= 0.6 is 0 Å². The van der Waals surface area contributed by atoms with Crippen LogP contribution in [0.3, 0.4) is 0 Å². The zero-order valence-corrected chi connectivity index (χ0v) is 25.3. The molecular weight excluding hydrogens is 552 g/mol. The van der Waals surface area contributed by atoms with Crippen LogP contribution in [0.1, 0.15) is 47.3 Å². The van der Waals surface area contributed by atoms with E-state index in [4.69, 9.17) is 4.74 Å². The van der Waals surface area contributed by atoms with Crippen molar-refractivity contribution < 1.29 is 24.2 Å². The molecule has 0 saturated heterocycles. The average molecular weight is 591 g/mol. The number of carboxylic acid groups (broad SMARTS) is 1. The van der Waals surface area contributed by atoms with Crippen molar-refractivity contribution in [3.63, 3.8) is 0 Å². The summed E-state index contributed by atoms with van der Waals surface area (Å²) in [6.07, 6.45) is 2.33. The number of nitrogens with one attached hydrogen (secondary N) is 1. The minimum absolute atomic E-state index is 0.0823. The molecule has 0 aliphatic rings. The molecule has 2 N–H and O–H groups in total. The number of aliphatic carboxylic acids is 1. The molecule has 7 nitrogen and oxygen atoms in total. The number of allylic oxidation sites excluding steroid dienone is 1. The number of aryl methyl sites for hydroxylation is 1. The van der Waals surface area contributed by atoms with E-state index in [1.807, 2.05) is 75.4 Å². The Morgan fingerprint density at radius 1 is 0.864 bits per heavy atom. The number of hydrogen-bond donors (Lipinski definition) is 2. The highest BCUT2D eigenvalue weighted by atomic mass is 16.5. The lowest BCUT2D eigenvalue weighted by Crippen LogP contribution is -2.32. The van der Waals surface area contributed by atoms with Crippen molar-refractivity contribution in [2.24, 2.45) is 0 Å². The number of ether oxygens (including phenoxy) is 1. The standard InChI is InChI=1S/C37H38N2O5/c1-26(2)24-35(40)39(33-20-11-7-14-27(33)3)22-13-23-44-34-21-12-8-17-29(34)25-32(37(42)43)38-31-19-10-9-18-30(31)36(41)28-15-5-4-6-16-28/h4-12,14-21,24,32,38H,13,22-23,25H2,1-3H3,(H,42,43)/t32-/m0/s1. The van der Waals surface area contributed by atoms with Crippen molar-refractivity contribution in [3.8, 4) is 5.75 Å². The first-order valence-corrected chi connectivity index (χ1v) is 14.7. The fraction of sp³-hybridized carbons (Fsp3) is 0.216.